The first-order valence-corrected chi connectivity index (χ1v) is 9.96. The lowest BCUT2D eigenvalue weighted by Crippen LogP contribution is -2.48. The first kappa shape index (κ1) is 17.4. The lowest BCUT2D eigenvalue weighted by molar-refractivity contribution is 0.0661. The van der Waals surface area contributed by atoms with Crippen LogP contribution in [0.5, 0.6) is 0 Å². The minimum atomic E-state index is -0.369. The lowest BCUT2D eigenvalue weighted by Gasteiger charge is -2.32. The van der Waals surface area contributed by atoms with Crippen LogP contribution in [-0.2, 0) is 0 Å². The molecule has 2 aliphatic rings. The molecule has 9 heteroatoms. The summed E-state index contributed by atoms with van der Waals surface area (Å²) in [6.07, 6.45) is 3.68. The Bertz CT molecular complexity index is 862. The van der Waals surface area contributed by atoms with Crippen molar-refractivity contribution in [2.45, 2.75) is 19.8 Å². The van der Waals surface area contributed by atoms with Gasteiger partial charge in [0.05, 0.1) is 0 Å². The van der Waals surface area contributed by atoms with Crippen LogP contribution in [0.1, 0.15) is 30.1 Å². The van der Waals surface area contributed by atoms with Crippen molar-refractivity contribution in [2.75, 3.05) is 51.2 Å². The zero-order valence-electron chi connectivity index (χ0n) is 15.2. The Morgan fingerprint density at radius 1 is 1.15 bits per heavy atom. The highest BCUT2D eigenvalue weighted by Gasteiger charge is 2.25. The van der Waals surface area contributed by atoms with Crippen molar-refractivity contribution in [3.05, 3.63) is 22.1 Å². The number of hydrogen-bond acceptors (Lipinski definition) is 7. The number of likely N-dealkylation sites (N-methyl/N-ethyl adjacent to an activating group) is 1. The van der Waals surface area contributed by atoms with Gasteiger partial charge >= 0.3 is 0 Å². The van der Waals surface area contributed by atoms with E-state index < -0.39 is 0 Å². The van der Waals surface area contributed by atoms with Crippen molar-refractivity contribution < 1.29 is 4.79 Å². The number of piperazine rings is 1. The standard InChI is InChI=1S/C17H24N6O2S/c1-12-3-5-22(6-4-12)17-19-23-15(25)13(11-18-16(23)26-17)14(24)21-9-7-20(2)8-10-21/h11-12H,3-10H2,1-2H3. The van der Waals surface area contributed by atoms with Gasteiger partial charge in [-0.1, -0.05) is 18.3 Å². The molecule has 0 aliphatic carbocycles. The van der Waals surface area contributed by atoms with Crippen LogP contribution in [0.3, 0.4) is 0 Å². The lowest BCUT2D eigenvalue weighted by atomic mass is 10.00. The summed E-state index contributed by atoms with van der Waals surface area (Å²) in [5, 5.41) is 5.28. The smallest absolute Gasteiger partial charge is 0.288 e. The van der Waals surface area contributed by atoms with E-state index >= 15 is 0 Å². The van der Waals surface area contributed by atoms with Crippen molar-refractivity contribution in [3.8, 4) is 0 Å². The van der Waals surface area contributed by atoms with Crippen LogP contribution in [0.25, 0.3) is 4.96 Å². The van der Waals surface area contributed by atoms with Crippen LogP contribution in [0.4, 0.5) is 5.13 Å². The number of rotatable bonds is 2. The third-order valence-corrected chi connectivity index (χ3v) is 6.33. The predicted molar refractivity (Wildman–Crippen MR) is 101 cm³/mol. The van der Waals surface area contributed by atoms with Crippen molar-refractivity contribution in [3.63, 3.8) is 0 Å². The summed E-state index contributed by atoms with van der Waals surface area (Å²) in [6, 6.07) is 0. The fraction of sp³-hybridized carbons (Fsp3) is 0.647. The molecule has 26 heavy (non-hydrogen) atoms. The van der Waals surface area contributed by atoms with Crippen LogP contribution in [-0.4, -0.2) is 76.6 Å². The summed E-state index contributed by atoms with van der Waals surface area (Å²) in [5.41, 5.74) is -0.261. The Kier molecular flexibility index (Phi) is 4.66. The molecular formula is C17H24N6O2S. The number of anilines is 1. The van der Waals surface area contributed by atoms with Gasteiger partial charge in [0, 0.05) is 45.5 Å². The second kappa shape index (κ2) is 6.96. The predicted octanol–water partition coefficient (Wildman–Crippen LogP) is 0.775. The molecule has 0 N–H and O–H groups in total. The Labute approximate surface area is 156 Å². The molecule has 0 spiro atoms. The van der Waals surface area contributed by atoms with Gasteiger partial charge in [0.25, 0.3) is 11.5 Å². The van der Waals surface area contributed by atoms with Gasteiger partial charge in [-0.05, 0) is 25.8 Å². The topological polar surface area (TPSA) is 74.1 Å². The SMILES string of the molecule is CC1CCN(c2nn3c(=O)c(C(=O)N4CCN(C)CC4)cnc3s2)CC1. The van der Waals surface area contributed by atoms with Crippen molar-refractivity contribution in [1.29, 1.82) is 0 Å². The highest BCUT2D eigenvalue weighted by Crippen LogP contribution is 2.26. The van der Waals surface area contributed by atoms with Gasteiger partial charge < -0.3 is 14.7 Å². The highest BCUT2D eigenvalue weighted by molar-refractivity contribution is 7.20. The van der Waals surface area contributed by atoms with E-state index in [0.29, 0.717) is 18.1 Å². The van der Waals surface area contributed by atoms with Crippen LogP contribution in [0.15, 0.2) is 11.0 Å². The molecule has 0 atom stereocenters. The average Bonchev–Trinajstić information content (AvgIpc) is 3.08. The van der Waals surface area contributed by atoms with Gasteiger partial charge in [-0.3, -0.25) is 9.59 Å². The summed E-state index contributed by atoms with van der Waals surface area (Å²) < 4.78 is 1.29. The van der Waals surface area contributed by atoms with Crippen molar-refractivity contribution >= 4 is 27.3 Å². The molecule has 0 aromatic carbocycles. The summed E-state index contributed by atoms with van der Waals surface area (Å²) in [7, 11) is 2.03. The largest absolute Gasteiger partial charge is 0.347 e. The molecule has 140 valence electrons. The number of fused-ring (bicyclic) bond motifs is 1. The summed E-state index contributed by atoms with van der Waals surface area (Å²) >= 11 is 1.41. The Morgan fingerprint density at radius 3 is 2.54 bits per heavy atom. The second-order valence-electron chi connectivity index (χ2n) is 7.32. The molecule has 0 radical (unpaired) electrons. The fourth-order valence-electron chi connectivity index (χ4n) is 3.43. The van der Waals surface area contributed by atoms with E-state index in [9.17, 15) is 9.59 Å². The quantitative estimate of drug-likeness (QED) is 0.771. The zero-order chi connectivity index (χ0) is 18.3. The number of carbonyl (C=O) groups is 1. The van der Waals surface area contributed by atoms with Gasteiger partial charge in [0.2, 0.25) is 10.1 Å². The van der Waals surface area contributed by atoms with E-state index in [0.717, 1.165) is 50.1 Å². The summed E-state index contributed by atoms with van der Waals surface area (Å²) in [5.74, 6) is 0.487. The molecule has 0 saturated carbocycles. The van der Waals surface area contributed by atoms with Crippen molar-refractivity contribution in [2.24, 2.45) is 5.92 Å². The monoisotopic (exact) mass is 376 g/mol. The summed E-state index contributed by atoms with van der Waals surface area (Å²) in [6.45, 7) is 7.05. The van der Waals surface area contributed by atoms with Gasteiger partial charge in [-0.2, -0.15) is 4.52 Å². The first-order valence-electron chi connectivity index (χ1n) is 9.14. The molecule has 0 bridgehead atoms. The molecule has 2 aromatic rings. The number of aromatic nitrogens is 3. The third-order valence-electron chi connectivity index (χ3n) is 5.35. The normalized spacial score (nSPS) is 20.1. The van der Waals surface area contributed by atoms with Crippen LogP contribution >= 0.6 is 11.3 Å². The average molecular weight is 376 g/mol. The van der Waals surface area contributed by atoms with E-state index in [1.54, 1.807) is 4.90 Å². The van der Waals surface area contributed by atoms with Gasteiger partial charge in [0.1, 0.15) is 5.56 Å². The number of carbonyl (C=O) groups excluding carboxylic acids is 1. The molecule has 4 heterocycles. The van der Waals surface area contributed by atoms with E-state index in [1.165, 1.54) is 22.0 Å². The minimum Gasteiger partial charge on any atom is -0.347 e. The molecule has 4 rings (SSSR count). The maximum atomic E-state index is 12.8. The number of amides is 1. The number of hydrogen-bond donors (Lipinski definition) is 0. The summed E-state index contributed by atoms with van der Waals surface area (Å²) in [4.78, 5) is 36.5. The minimum absolute atomic E-state index is 0.108. The molecule has 1 amide bonds. The van der Waals surface area contributed by atoms with Crippen LogP contribution in [0.2, 0.25) is 0 Å². The van der Waals surface area contributed by atoms with Crippen LogP contribution in [0, 0.1) is 5.92 Å². The molecule has 0 unspecified atom stereocenters. The van der Waals surface area contributed by atoms with Gasteiger partial charge in [-0.25, -0.2) is 4.98 Å². The number of nitrogens with zero attached hydrogens (tertiary/aromatic N) is 6. The molecule has 2 fully saturated rings. The molecule has 2 saturated heterocycles. The van der Waals surface area contributed by atoms with E-state index in [4.69, 9.17) is 0 Å². The first-order chi connectivity index (χ1) is 12.5. The van der Waals surface area contributed by atoms with E-state index in [-0.39, 0.29) is 17.0 Å². The zero-order valence-corrected chi connectivity index (χ0v) is 16.0. The van der Waals surface area contributed by atoms with Crippen molar-refractivity contribution in [1.82, 2.24) is 24.4 Å². The highest BCUT2D eigenvalue weighted by atomic mass is 32.1. The van der Waals surface area contributed by atoms with Crippen LogP contribution < -0.4 is 10.5 Å². The Balaban J connectivity index is 1.60. The molecule has 8 nitrogen and oxygen atoms in total. The third kappa shape index (κ3) is 3.21. The Morgan fingerprint density at radius 2 is 1.85 bits per heavy atom. The Hall–Kier alpha value is -2.00. The fourth-order valence-corrected chi connectivity index (χ4v) is 4.34. The molecule has 2 aliphatic heterocycles. The molecule has 2 aromatic heterocycles. The van der Waals surface area contributed by atoms with E-state index in [1.807, 2.05) is 7.05 Å². The maximum Gasteiger partial charge on any atom is 0.288 e. The second-order valence-corrected chi connectivity index (χ2v) is 8.26. The number of piperidine rings is 1. The van der Waals surface area contributed by atoms with E-state index in [2.05, 4.69) is 26.8 Å². The maximum absolute atomic E-state index is 12.8. The van der Waals surface area contributed by atoms with Gasteiger partial charge in [-0.15, -0.1) is 5.10 Å². The molecular weight excluding hydrogens is 352 g/mol. The van der Waals surface area contributed by atoms with Gasteiger partial charge in [0.15, 0.2) is 0 Å².